The molecule has 0 spiro atoms. The smallest absolute Gasteiger partial charge is 0.350 e. The SMILES string of the molecule is CCc1c(/C(=N/N2C(=O)N([C@]3(C(=O)O)CN4C(=O)C(NC(=O)/C(=N\OC(C)(C)C(=O)O)c5csc(N)n5)[C@H]4S3)C[C@H]2C)C(N)=O)ccc(O)c1O. The summed E-state index contributed by atoms with van der Waals surface area (Å²) in [5.41, 5.74) is 8.66. The Morgan fingerprint density at radius 1 is 1.18 bits per heavy atom. The highest BCUT2D eigenvalue weighted by molar-refractivity contribution is 8.02. The molecule has 22 heteroatoms. The van der Waals surface area contributed by atoms with Gasteiger partial charge in [-0.1, -0.05) is 23.8 Å². The minimum absolute atomic E-state index is 0.0513. The van der Waals surface area contributed by atoms with Gasteiger partial charge in [-0.25, -0.2) is 24.4 Å². The number of carbonyl (C=O) groups is 6. The monoisotopic (exact) mass is 747 g/mol. The number of hydrogen-bond donors (Lipinski definition) is 7. The van der Waals surface area contributed by atoms with Gasteiger partial charge in [0.15, 0.2) is 28.1 Å². The third-order valence-corrected chi connectivity index (χ3v) is 10.7. The maximum Gasteiger partial charge on any atom is 0.350 e. The molecule has 1 aromatic carbocycles. The number of fused-ring (bicyclic) bond motifs is 1. The summed E-state index contributed by atoms with van der Waals surface area (Å²) in [6.07, 6.45) is 0.151. The van der Waals surface area contributed by atoms with Crippen molar-refractivity contribution in [2.24, 2.45) is 16.0 Å². The number of aromatic hydroxyl groups is 2. The number of carbonyl (C=O) groups excluding carboxylic acids is 4. The van der Waals surface area contributed by atoms with Gasteiger partial charge in [0.1, 0.15) is 17.1 Å². The fourth-order valence-corrected chi connectivity index (χ4v) is 7.71. The lowest BCUT2D eigenvalue weighted by Crippen LogP contribution is -2.68. The van der Waals surface area contributed by atoms with Crippen molar-refractivity contribution in [2.45, 2.75) is 62.0 Å². The highest BCUT2D eigenvalue weighted by Gasteiger charge is 2.67. The number of benzene rings is 1. The number of thioether (sulfide) groups is 1. The number of nitrogens with two attached hydrogens (primary N) is 2. The molecule has 5 amide bonds. The number of carboxylic acid groups (broad SMARTS) is 2. The number of β-lactam (4-membered cyclic amide) rings is 1. The number of primary amides is 1. The predicted octanol–water partition coefficient (Wildman–Crippen LogP) is -0.521. The molecule has 0 bridgehead atoms. The van der Waals surface area contributed by atoms with Crippen molar-refractivity contribution in [3.05, 3.63) is 34.3 Å². The van der Waals surface area contributed by atoms with Crippen LogP contribution in [0.4, 0.5) is 9.93 Å². The molecule has 1 aromatic heterocycles. The molecule has 0 saturated carbocycles. The zero-order valence-corrected chi connectivity index (χ0v) is 29.0. The maximum atomic E-state index is 13.9. The number of nitrogens with zero attached hydrogens (tertiary/aromatic N) is 6. The van der Waals surface area contributed by atoms with E-state index in [-0.39, 0.29) is 34.9 Å². The zero-order chi connectivity index (χ0) is 37.7. The van der Waals surface area contributed by atoms with Gasteiger partial charge in [0, 0.05) is 23.1 Å². The van der Waals surface area contributed by atoms with Gasteiger partial charge in [-0.15, -0.1) is 11.3 Å². The van der Waals surface area contributed by atoms with Gasteiger partial charge in [-0.05, 0) is 39.3 Å². The van der Waals surface area contributed by atoms with Crippen molar-refractivity contribution >= 4 is 75.3 Å². The molecule has 4 heterocycles. The Labute approximate surface area is 296 Å². The number of hydrogen-bond acceptors (Lipinski definition) is 15. The van der Waals surface area contributed by atoms with Crippen molar-refractivity contribution in [3.63, 3.8) is 0 Å². The number of rotatable bonds is 12. The summed E-state index contributed by atoms with van der Waals surface area (Å²) in [4.78, 5) is 86.8. The zero-order valence-electron chi connectivity index (χ0n) is 27.4. The lowest BCUT2D eigenvalue weighted by atomic mass is 9.99. The maximum absolute atomic E-state index is 13.9. The molecule has 0 aliphatic carbocycles. The Hall–Kier alpha value is -5.64. The number of nitrogens with one attached hydrogen (secondary N) is 1. The van der Waals surface area contributed by atoms with Gasteiger partial charge in [-0.3, -0.25) is 19.3 Å². The van der Waals surface area contributed by atoms with E-state index in [2.05, 4.69) is 20.6 Å². The van der Waals surface area contributed by atoms with Crippen LogP contribution in [0.15, 0.2) is 27.8 Å². The molecule has 2 aromatic rings. The molecule has 20 nitrogen and oxygen atoms in total. The molecule has 9 N–H and O–H groups in total. The topological polar surface area (TPSA) is 304 Å². The third-order valence-electron chi connectivity index (χ3n) is 8.36. The number of oxime groups is 1. The summed E-state index contributed by atoms with van der Waals surface area (Å²) in [7, 11) is 0. The largest absolute Gasteiger partial charge is 0.504 e. The van der Waals surface area contributed by atoms with E-state index in [1.54, 1.807) is 13.8 Å². The summed E-state index contributed by atoms with van der Waals surface area (Å²) < 4.78 is 0. The average molecular weight is 748 g/mol. The van der Waals surface area contributed by atoms with Crippen LogP contribution in [0.3, 0.4) is 0 Å². The summed E-state index contributed by atoms with van der Waals surface area (Å²) in [5, 5.41) is 51.9. The Balaban J connectivity index is 1.41. The minimum atomic E-state index is -2.05. The highest BCUT2D eigenvalue weighted by Crippen LogP contribution is 2.50. The van der Waals surface area contributed by atoms with Crippen LogP contribution in [-0.4, -0.2) is 128 Å². The minimum Gasteiger partial charge on any atom is -0.504 e. The number of phenols is 2. The van der Waals surface area contributed by atoms with Crippen LogP contribution in [0, 0.1) is 0 Å². The van der Waals surface area contributed by atoms with Crippen molar-refractivity contribution in [1.82, 2.24) is 25.1 Å². The number of aromatic nitrogens is 1. The van der Waals surface area contributed by atoms with Gasteiger partial charge in [-0.2, -0.15) is 5.10 Å². The number of urea groups is 1. The van der Waals surface area contributed by atoms with Crippen molar-refractivity contribution in [2.75, 3.05) is 18.8 Å². The summed E-state index contributed by atoms with van der Waals surface area (Å²) in [6.45, 7) is 4.91. The fraction of sp³-hybridized carbons (Fsp3) is 0.414. The number of anilines is 1. The number of aliphatic carboxylic acids is 2. The first-order chi connectivity index (χ1) is 23.8. The summed E-state index contributed by atoms with van der Waals surface area (Å²) in [6, 6.07) is -0.604. The van der Waals surface area contributed by atoms with Gasteiger partial charge in [0.25, 0.3) is 11.8 Å². The van der Waals surface area contributed by atoms with E-state index in [0.29, 0.717) is 0 Å². The van der Waals surface area contributed by atoms with Crippen LogP contribution in [0.2, 0.25) is 0 Å². The quantitative estimate of drug-likeness (QED) is 0.0622. The summed E-state index contributed by atoms with van der Waals surface area (Å²) >= 11 is 1.69. The molecule has 3 aliphatic rings. The van der Waals surface area contributed by atoms with Crippen LogP contribution in [0.25, 0.3) is 0 Å². The first-order valence-corrected chi connectivity index (χ1v) is 16.9. The summed E-state index contributed by atoms with van der Waals surface area (Å²) in [5.74, 6) is -6.53. The van der Waals surface area contributed by atoms with E-state index in [1.165, 1.54) is 30.2 Å². The van der Waals surface area contributed by atoms with Crippen LogP contribution in [-0.2, 0) is 35.2 Å². The Kier molecular flexibility index (Phi) is 9.51. The lowest BCUT2D eigenvalue weighted by molar-refractivity contribution is -0.161. The number of amides is 5. The standard InChI is InChI=1S/C29H33N9O11S2/c1-5-12-13(6-7-15(39)19(12)40)16(20(30)41)34-38-11(2)8-37(27(38)48)29(25(46)47)10-36-22(43)18(23(36)51-29)33-21(42)17(14-9-50-26(31)32-14)35-49-28(3,4)24(44)45/h6-7,9,11,18,23,39-40H,5,8,10H2,1-4H3,(H2,30,41)(H2,31,32)(H,33,42)(H,44,45)(H,46,47)/b34-16-,35-17-/t11-,18?,23-,29-/m1/s1. The Bertz CT molecular complexity index is 1910. The Morgan fingerprint density at radius 3 is 2.43 bits per heavy atom. The number of nitrogen functional groups attached to an aromatic ring is 1. The van der Waals surface area contributed by atoms with Crippen LogP contribution in [0.5, 0.6) is 11.5 Å². The molecule has 4 atom stereocenters. The van der Waals surface area contributed by atoms with E-state index >= 15 is 0 Å². The molecular weight excluding hydrogens is 715 g/mol. The first-order valence-electron chi connectivity index (χ1n) is 15.1. The lowest BCUT2D eigenvalue weighted by Gasteiger charge is -2.41. The van der Waals surface area contributed by atoms with Gasteiger partial charge < -0.3 is 46.9 Å². The predicted molar refractivity (Wildman–Crippen MR) is 180 cm³/mol. The fourth-order valence-electron chi connectivity index (χ4n) is 5.54. The second kappa shape index (κ2) is 13.2. The van der Waals surface area contributed by atoms with Crippen molar-refractivity contribution < 1.29 is 54.0 Å². The van der Waals surface area contributed by atoms with E-state index in [1.807, 2.05) is 0 Å². The number of thiazole rings is 1. The van der Waals surface area contributed by atoms with Crippen molar-refractivity contribution in [1.29, 1.82) is 0 Å². The number of carboxylic acids is 2. The van der Waals surface area contributed by atoms with Crippen LogP contribution >= 0.6 is 23.1 Å². The Morgan fingerprint density at radius 2 is 1.86 bits per heavy atom. The second-order valence-corrected chi connectivity index (χ2v) is 14.4. The average Bonchev–Trinajstić information content (AvgIpc) is 3.74. The highest BCUT2D eigenvalue weighted by atomic mass is 32.2. The van der Waals surface area contributed by atoms with E-state index < -0.39 is 93.1 Å². The number of phenolic OH excluding ortho intramolecular Hbond substituents is 2. The molecule has 1 unspecified atom stereocenters. The molecular formula is C29H33N9O11S2. The molecule has 3 fully saturated rings. The third kappa shape index (κ3) is 6.30. The molecule has 5 rings (SSSR count). The van der Waals surface area contributed by atoms with Crippen molar-refractivity contribution in [3.8, 4) is 11.5 Å². The van der Waals surface area contributed by atoms with Gasteiger partial charge >= 0.3 is 18.0 Å². The molecule has 3 aliphatic heterocycles. The molecule has 272 valence electrons. The normalized spacial score (nSPS) is 23.6. The van der Waals surface area contributed by atoms with Gasteiger partial charge in [0.05, 0.1) is 12.6 Å². The van der Waals surface area contributed by atoms with E-state index in [4.69, 9.17) is 16.3 Å². The molecule has 0 radical (unpaired) electrons. The molecule has 3 saturated heterocycles. The first kappa shape index (κ1) is 36.6. The second-order valence-electron chi connectivity index (χ2n) is 12.1. The van der Waals surface area contributed by atoms with Crippen LogP contribution in [0.1, 0.15) is 44.5 Å². The number of hydrazone groups is 1. The van der Waals surface area contributed by atoms with E-state index in [0.717, 1.165) is 39.1 Å². The molecule has 51 heavy (non-hydrogen) atoms. The van der Waals surface area contributed by atoms with E-state index in [9.17, 15) is 49.2 Å². The van der Waals surface area contributed by atoms with Crippen LogP contribution < -0.4 is 16.8 Å². The van der Waals surface area contributed by atoms with Gasteiger partial charge in [0.2, 0.25) is 16.4 Å².